The molecule has 0 atom stereocenters. The second kappa shape index (κ2) is 8.99. The fourth-order valence-corrected chi connectivity index (χ4v) is 1.68. The standard InChI is InChI=1S/C9H13NO.C8H11N/c1-10(8-11-2)9-6-4-3-5-7-9;1-9(2)8-6-4-3-5-7-8/h3-7H,8H2,1-2H3;3-7H,1-2H3. The Hall–Kier alpha value is -2.00. The number of anilines is 2. The summed E-state index contributed by atoms with van der Waals surface area (Å²) in [5.41, 5.74) is 2.42. The second-order valence-corrected chi connectivity index (χ2v) is 4.68. The van der Waals surface area contributed by atoms with Crippen LogP contribution in [0.5, 0.6) is 0 Å². The van der Waals surface area contributed by atoms with E-state index in [1.807, 2.05) is 62.4 Å². The molecule has 0 aliphatic rings. The fourth-order valence-electron chi connectivity index (χ4n) is 1.68. The number of benzene rings is 2. The monoisotopic (exact) mass is 272 g/mol. The van der Waals surface area contributed by atoms with Crippen LogP contribution in [0, 0.1) is 0 Å². The van der Waals surface area contributed by atoms with Gasteiger partial charge in [0.2, 0.25) is 0 Å². The van der Waals surface area contributed by atoms with Crippen LogP contribution in [0.4, 0.5) is 11.4 Å². The molecule has 0 saturated carbocycles. The highest BCUT2D eigenvalue weighted by atomic mass is 16.5. The third-order valence-corrected chi connectivity index (χ3v) is 2.79. The molecule has 0 saturated heterocycles. The Morgan fingerprint density at radius 3 is 1.55 bits per heavy atom. The highest BCUT2D eigenvalue weighted by molar-refractivity contribution is 5.44. The van der Waals surface area contributed by atoms with Crippen molar-refractivity contribution in [3.8, 4) is 0 Å². The largest absolute Gasteiger partial charge is 0.378 e. The van der Waals surface area contributed by atoms with E-state index in [0.29, 0.717) is 6.73 Å². The maximum absolute atomic E-state index is 4.98. The summed E-state index contributed by atoms with van der Waals surface area (Å²) < 4.78 is 4.98. The van der Waals surface area contributed by atoms with Gasteiger partial charge in [0.05, 0.1) is 0 Å². The van der Waals surface area contributed by atoms with Gasteiger partial charge in [-0.15, -0.1) is 0 Å². The number of para-hydroxylation sites is 2. The highest BCUT2D eigenvalue weighted by Gasteiger charge is 1.95. The Kier molecular flexibility index (Phi) is 7.22. The van der Waals surface area contributed by atoms with Gasteiger partial charge in [0.15, 0.2) is 0 Å². The molecule has 2 rings (SSSR count). The third-order valence-electron chi connectivity index (χ3n) is 2.79. The molecule has 0 fully saturated rings. The normalized spacial score (nSPS) is 9.40. The van der Waals surface area contributed by atoms with Gasteiger partial charge in [-0.3, -0.25) is 0 Å². The molecule has 0 aromatic heterocycles. The van der Waals surface area contributed by atoms with E-state index in [0.717, 1.165) is 0 Å². The Labute approximate surface area is 122 Å². The summed E-state index contributed by atoms with van der Waals surface area (Å²) >= 11 is 0. The number of methoxy groups -OCH3 is 1. The quantitative estimate of drug-likeness (QED) is 0.793. The number of ether oxygens (including phenoxy) is 1. The van der Waals surface area contributed by atoms with E-state index in [1.165, 1.54) is 11.4 Å². The fraction of sp³-hybridized carbons (Fsp3) is 0.294. The summed E-state index contributed by atoms with van der Waals surface area (Å²) in [5, 5.41) is 0. The molecule has 0 unspecified atom stereocenters. The molecule has 0 heterocycles. The van der Waals surface area contributed by atoms with Crippen LogP contribution in [0.15, 0.2) is 60.7 Å². The van der Waals surface area contributed by atoms with Gasteiger partial charge in [-0.25, -0.2) is 0 Å². The molecule has 0 spiro atoms. The van der Waals surface area contributed by atoms with E-state index in [4.69, 9.17) is 4.74 Å². The van der Waals surface area contributed by atoms with E-state index in [-0.39, 0.29) is 0 Å². The molecule has 20 heavy (non-hydrogen) atoms. The van der Waals surface area contributed by atoms with Gasteiger partial charge < -0.3 is 14.5 Å². The lowest BCUT2D eigenvalue weighted by molar-refractivity contribution is 0.202. The van der Waals surface area contributed by atoms with Gasteiger partial charge in [-0.05, 0) is 24.3 Å². The lowest BCUT2D eigenvalue weighted by atomic mass is 10.3. The first-order valence-corrected chi connectivity index (χ1v) is 6.62. The van der Waals surface area contributed by atoms with Crippen LogP contribution in [-0.4, -0.2) is 35.0 Å². The molecule has 0 aliphatic heterocycles. The van der Waals surface area contributed by atoms with Crippen LogP contribution in [-0.2, 0) is 4.74 Å². The molecule has 0 aliphatic carbocycles. The molecule has 108 valence electrons. The zero-order valence-corrected chi connectivity index (χ0v) is 12.8. The minimum atomic E-state index is 0.629. The Morgan fingerprint density at radius 1 is 0.750 bits per heavy atom. The summed E-state index contributed by atoms with van der Waals surface area (Å²) in [6.07, 6.45) is 0. The van der Waals surface area contributed by atoms with Gasteiger partial charge >= 0.3 is 0 Å². The number of hydrogen-bond donors (Lipinski definition) is 0. The third kappa shape index (κ3) is 5.76. The summed E-state index contributed by atoms with van der Waals surface area (Å²) in [5.74, 6) is 0. The molecule has 3 nitrogen and oxygen atoms in total. The topological polar surface area (TPSA) is 15.7 Å². The van der Waals surface area contributed by atoms with Crippen molar-refractivity contribution >= 4 is 11.4 Å². The average Bonchev–Trinajstić information content (AvgIpc) is 2.50. The van der Waals surface area contributed by atoms with E-state index in [9.17, 15) is 0 Å². The van der Waals surface area contributed by atoms with Crippen molar-refractivity contribution in [2.75, 3.05) is 44.8 Å². The van der Waals surface area contributed by atoms with Crippen LogP contribution in [0.25, 0.3) is 0 Å². The maximum atomic E-state index is 4.98. The van der Waals surface area contributed by atoms with Crippen molar-refractivity contribution in [2.45, 2.75) is 0 Å². The average molecular weight is 272 g/mol. The minimum absolute atomic E-state index is 0.629. The van der Waals surface area contributed by atoms with Crippen LogP contribution >= 0.6 is 0 Å². The lowest BCUT2D eigenvalue weighted by Gasteiger charge is -2.17. The number of hydrogen-bond acceptors (Lipinski definition) is 3. The molecule has 0 amide bonds. The van der Waals surface area contributed by atoms with Crippen LogP contribution in [0.1, 0.15) is 0 Å². The van der Waals surface area contributed by atoms with Crippen LogP contribution in [0.2, 0.25) is 0 Å². The van der Waals surface area contributed by atoms with E-state index < -0.39 is 0 Å². The summed E-state index contributed by atoms with van der Waals surface area (Å²) in [6, 6.07) is 20.4. The SMILES string of the molecule is CN(C)c1ccccc1.COCN(C)c1ccccc1. The molecule has 0 N–H and O–H groups in total. The number of rotatable bonds is 4. The predicted octanol–water partition coefficient (Wildman–Crippen LogP) is 3.48. The Balaban J connectivity index is 0.000000204. The van der Waals surface area contributed by atoms with Crippen molar-refractivity contribution in [3.63, 3.8) is 0 Å². The second-order valence-electron chi connectivity index (χ2n) is 4.68. The van der Waals surface area contributed by atoms with Gasteiger partial charge in [0.1, 0.15) is 6.73 Å². The van der Waals surface area contributed by atoms with Gasteiger partial charge in [-0.2, -0.15) is 0 Å². The Morgan fingerprint density at radius 2 is 1.20 bits per heavy atom. The molecular weight excluding hydrogens is 248 g/mol. The molecule has 3 heteroatoms. The first-order valence-electron chi connectivity index (χ1n) is 6.62. The maximum Gasteiger partial charge on any atom is 0.118 e. The Bertz CT molecular complexity index is 457. The predicted molar refractivity (Wildman–Crippen MR) is 87.5 cm³/mol. The van der Waals surface area contributed by atoms with Gasteiger partial charge in [0.25, 0.3) is 0 Å². The van der Waals surface area contributed by atoms with E-state index in [2.05, 4.69) is 29.2 Å². The molecule has 0 bridgehead atoms. The van der Waals surface area contributed by atoms with Crippen LogP contribution < -0.4 is 9.80 Å². The van der Waals surface area contributed by atoms with Gasteiger partial charge in [0, 0.05) is 39.6 Å². The van der Waals surface area contributed by atoms with Gasteiger partial charge in [-0.1, -0.05) is 36.4 Å². The van der Waals surface area contributed by atoms with Crippen molar-refractivity contribution in [1.29, 1.82) is 0 Å². The first kappa shape index (κ1) is 16.1. The highest BCUT2D eigenvalue weighted by Crippen LogP contribution is 2.09. The number of nitrogens with zero attached hydrogens (tertiary/aromatic N) is 2. The van der Waals surface area contributed by atoms with Crippen molar-refractivity contribution in [3.05, 3.63) is 60.7 Å². The summed E-state index contributed by atoms with van der Waals surface area (Å²) in [7, 11) is 7.77. The zero-order valence-electron chi connectivity index (χ0n) is 12.8. The molecule has 2 aromatic rings. The van der Waals surface area contributed by atoms with E-state index >= 15 is 0 Å². The van der Waals surface area contributed by atoms with Crippen molar-refractivity contribution in [2.24, 2.45) is 0 Å². The first-order chi connectivity index (χ1) is 9.65. The smallest absolute Gasteiger partial charge is 0.118 e. The minimum Gasteiger partial charge on any atom is -0.378 e. The zero-order chi connectivity index (χ0) is 14.8. The molecule has 0 radical (unpaired) electrons. The summed E-state index contributed by atoms with van der Waals surface area (Å²) in [6.45, 7) is 0.629. The molecule has 2 aromatic carbocycles. The van der Waals surface area contributed by atoms with Crippen LogP contribution in [0.3, 0.4) is 0 Å². The summed E-state index contributed by atoms with van der Waals surface area (Å²) in [4.78, 5) is 4.12. The van der Waals surface area contributed by atoms with Crippen molar-refractivity contribution in [1.82, 2.24) is 0 Å². The van der Waals surface area contributed by atoms with E-state index in [1.54, 1.807) is 7.11 Å². The lowest BCUT2D eigenvalue weighted by Crippen LogP contribution is -2.19. The molecular formula is C17H24N2O. The van der Waals surface area contributed by atoms with Crippen molar-refractivity contribution < 1.29 is 4.74 Å².